The molecule has 0 saturated heterocycles. The van der Waals surface area contributed by atoms with E-state index >= 15 is 0 Å². The molecule has 3 nitrogen and oxygen atoms in total. The van der Waals surface area contributed by atoms with Gasteiger partial charge in [0, 0.05) is 16.5 Å². The number of nitrogens with two attached hydrogens (primary N) is 1. The highest BCUT2D eigenvalue weighted by atomic mass is 35.5. The highest BCUT2D eigenvalue weighted by Crippen LogP contribution is 2.29. The fourth-order valence-electron chi connectivity index (χ4n) is 1.72. The summed E-state index contributed by atoms with van der Waals surface area (Å²) < 4.78 is 0. The van der Waals surface area contributed by atoms with E-state index < -0.39 is 0 Å². The lowest BCUT2D eigenvalue weighted by Gasteiger charge is -2.24. The summed E-state index contributed by atoms with van der Waals surface area (Å²) in [6.07, 6.45) is 0. The lowest BCUT2D eigenvalue weighted by molar-refractivity contribution is 0.538. The van der Waals surface area contributed by atoms with Crippen molar-refractivity contribution in [3.05, 3.63) is 34.9 Å². The Labute approximate surface area is 114 Å². The van der Waals surface area contributed by atoms with Gasteiger partial charge in [-0.1, -0.05) is 43.6 Å². The molecule has 0 saturated carbocycles. The van der Waals surface area contributed by atoms with Gasteiger partial charge in [-0.2, -0.15) is 0 Å². The van der Waals surface area contributed by atoms with Crippen LogP contribution < -0.4 is 11.1 Å². The smallest absolute Gasteiger partial charge is 0.188 e. The maximum Gasteiger partial charge on any atom is 0.188 e. The molecule has 1 aromatic carbocycles. The molecule has 0 aliphatic heterocycles. The van der Waals surface area contributed by atoms with Gasteiger partial charge in [-0.3, -0.25) is 4.99 Å². The summed E-state index contributed by atoms with van der Waals surface area (Å²) in [4.78, 5) is 4.38. The zero-order valence-electron chi connectivity index (χ0n) is 11.5. The van der Waals surface area contributed by atoms with Gasteiger partial charge in [-0.05, 0) is 25.5 Å². The Morgan fingerprint density at radius 2 is 2.00 bits per heavy atom. The first kappa shape index (κ1) is 14.8. The largest absolute Gasteiger partial charge is 0.370 e. The maximum atomic E-state index is 6.21. The Morgan fingerprint density at radius 1 is 1.39 bits per heavy atom. The number of benzene rings is 1. The van der Waals surface area contributed by atoms with Crippen molar-refractivity contribution in [1.82, 2.24) is 5.32 Å². The van der Waals surface area contributed by atoms with Crippen LogP contribution in [-0.4, -0.2) is 18.5 Å². The van der Waals surface area contributed by atoms with Gasteiger partial charge < -0.3 is 11.1 Å². The fraction of sp³-hybridized carbons (Fsp3) is 0.500. The van der Waals surface area contributed by atoms with Crippen molar-refractivity contribution in [3.8, 4) is 0 Å². The second kappa shape index (κ2) is 6.10. The normalized spacial score (nSPS) is 12.9. The lowest BCUT2D eigenvalue weighted by atomic mass is 9.85. The van der Waals surface area contributed by atoms with Crippen LogP contribution in [-0.2, 0) is 5.41 Å². The number of halogens is 1. The third-order valence-electron chi connectivity index (χ3n) is 2.68. The Bertz CT molecular complexity index is 425. The Balaban J connectivity index is 2.80. The van der Waals surface area contributed by atoms with Gasteiger partial charge in [-0.25, -0.2) is 0 Å². The molecule has 0 aromatic heterocycles. The number of aliphatic imine (C=N–C) groups is 1. The molecule has 1 rings (SSSR count). The molecular weight excluding hydrogens is 246 g/mol. The molecule has 0 spiro atoms. The third-order valence-corrected chi connectivity index (χ3v) is 3.01. The minimum absolute atomic E-state index is 0.137. The molecule has 0 amide bonds. The van der Waals surface area contributed by atoms with Gasteiger partial charge in [-0.15, -0.1) is 0 Å². The van der Waals surface area contributed by atoms with Crippen LogP contribution in [0.15, 0.2) is 29.3 Å². The Hall–Kier alpha value is -1.22. The zero-order valence-corrected chi connectivity index (χ0v) is 12.3. The van der Waals surface area contributed by atoms with Gasteiger partial charge in [0.2, 0.25) is 0 Å². The molecule has 0 aliphatic carbocycles. The summed E-state index contributed by atoms with van der Waals surface area (Å²) in [5.41, 5.74) is 6.76. The molecule has 0 aliphatic rings. The number of guanidine groups is 1. The van der Waals surface area contributed by atoms with Gasteiger partial charge >= 0.3 is 0 Å². The number of rotatable bonds is 4. The van der Waals surface area contributed by atoms with E-state index in [4.69, 9.17) is 17.3 Å². The van der Waals surface area contributed by atoms with Crippen LogP contribution in [0.1, 0.15) is 33.3 Å². The topological polar surface area (TPSA) is 50.4 Å². The number of nitrogens with one attached hydrogen (secondary N) is 1. The van der Waals surface area contributed by atoms with E-state index in [9.17, 15) is 0 Å². The second-order valence-electron chi connectivity index (χ2n) is 5.36. The highest BCUT2D eigenvalue weighted by Gasteiger charge is 2.22. The predicted molar refractivity (Wildman–Crippen MR) is 79.2 cm³/mol. The molecule has 0 unspecified atom stereocenters. The average Bonchev–Trinajstić information content (AvgIpc) is 2.26. The molecule has 0 fully saturated rings. The van der Waals surface area contributed by atoms with Crippen LogP contribution in [0.5, 0.6) is 0 Å². The summed E-state index contributed by atoms with van der Waals surface area (Å²) in [7, 11) is 0. The van der Waals surface area contributed by atoms with Crippen molar-refractivity contribution >= 4 is 17.6 Å². The van der Waals surface area contributed by atoms with E-state index in [-0.39, 0.29) is 11.5 Å². The molecule has 0 heterocycles. The first-order valence-corrected chi connectivity index (χ1v) is 6.52. The van der Waals surface area contributed by atoms with Crippen LogP contribution >= 0.6 is 11.6 Å². The lowest BCUT2D eigenvalue weighted by Crippen LogP contribution is -2.38. The quantitative estimate of drug-likeness (QED) is 0.651. The van der Waals surface area contributed by atoms with Crippen molar-refractivity contribution in [3.63, 3.8) is 0 Å². The van der Waals surface area contributed by atoms with Crippen LogP contribution in [0.2, 0.25) is 5.02 Å². The molecule has 0 atom stereocenters. The van der Waals surface area contributed by atoms with Crippen molar-refractivity contribution in [2.24, 2.45) is 10.7 Å². The van der Waals surface area contributed by atoms with E-state index in [1.165, 1.54) is 0 Å². The van der Waals surface area contributed by atoms with Crippen LogP contribution in [0.3, 0.4) is 0 Å². The van der Waals surface area contributed by atoms with E-state index in [0.29, 0.717) is 12.5 Å². The van der Waals surface area contributed by atoms with Gasteiger partial charge in [0.25, 0.3) is 0 Å². The minimum atomic E-state index is -0.137. The molecule has 0 bridgehead atoms. The van der Waals surface area contributed by atoms with Crippen molar-refractivity contribution in [1.29, 1.82) is 0 Å². The first-order chi connectivity index (χ1) is 8.33. The van der Waals surface area contributed by atoms with Gasteiger partial charge in [0.15, 0.2) is 5.96 Å². The van der Waals surface area contributed by atoms with Crippen LogP contribution in [0.4, 0.5) is 0 Å². The van der Waals surface area contributed by atoms with E-state index in [1.54, 1.807) is 0 Å². The van der Waals surface area contributed by atoms with Crippen molar-refractivity contribution in [2.75, 3.05) is 6.54 Å². The van der Waals surface area contributed by atoms with Crippen molar-refractivity contribution in [2.45, 2.75) is 39.2 Å². The monoisotopic (exact) mass is 267 g/mol. The number of hydrogen-bond acceptors (Lipinski definition) is 1. The second-order valence-corrected chi connectivity index (χ2v) is 5.77. The summed E-state index contributed by atoms with van der Waals surface area (Å²) >= 11 is 6.21. The summed E-state index contributed by atoms with van der Waals surface area (Å²) in [6, 6.07) is 8.14. The van der Waals surface area contributed by atoms with Crippen LogP contribution in [0.25, 0.3) is 0 Å². The number of hydrogen-bond donors (Lipinski definition) is 2. The van der Waals surface area contributed by atoms with Gasteiger partial charge in [0.05, 0.1) is 6.54 Å². The SMILES string of the molecule is CC(C)NC(N)=NCC(C)(C)c1ccccc1Cl. The Morgan fingerprint density at radius 3 is 2.56 bits per heavy atom. The fourth-order valence-corrected chi connectivity index (χ4v) is 2.11. The standard InChI is InChI=1S/C14H22ClN3/c1-10(2)18-13(16)17-9-14(3,4)11-7-5-6-8-12(11)15/h5-8,10H,9H2,1-4H3,(H3,16,17,18). The first-order valence-electron chi connectivity index (χ1n) is 6.14. The summed E-state index contributed by atoms with van der Waals surface area (Å²) in [6.45, 7) is 8.88. The van der Waals surface area contributed by atoms with E-state index in [1.807, 2.05) is 38.1 Å². The summed E-state index contributed by atoms with van der Waals surface area (Å²) in [5.74, 6) is 0.477. The van der Waals surface area contributed by atoms with Gasteiger partial charge in [0.1, 0.15) is 0 Å². The third kappa shape index (κ3) is 4.22. The number of nitrogens with zero attached hydrogens (tertiary/aromatic N) is 1. The average molecular weight is 268 g/mol. The molecule has 100 valence electrons. The maximum absolute atomic E-state index is 6.21. The predicted octanol–water partition coefficient (Wildman–Crippen LogP) is 2.93. The molecule has 18 heavy (non-hydrogen) atoms. The van der Waals surface area contributed by atoms with E-state index in [0.717, 1.165) is 10.6 Å². The summed E-state index contributed by atoms with van der Waals surface area (Å²) in [5, 5.41) is 3.85. The minimum Gasteiger partial charge on any atom is -0.370 e. The van der Waals surface area contributed by atoms with E-state index in [2.05, 4.69) is 24.2 Å². The van der Waals surface area contributed by atoms with Crippen LogP contribution in [0, 0.1) is 0 Å². The zero-order chi connectivity index (χ0) is 13.8. The molecular formula is C14H22ClN3. The molecule has 0 radical (unpaired) electrons. The molecule has 4 heteroatoms. The molecule has 3 N–H and O–H groups in total. The Kier molecular flexibility index (Phi) is 5.03. The van der Waals surface area contributed by atoms with Crippen molar-refractivity contribution < 1.29 is 0 Å². The molecule has 1 aromatic rings. The highest BCUT2D eigenvalue weighted by molar-refractivity contribution is 6.31.